The van der Waals surface area contributed by atoms with E-state index in [0.717, 1.165) is 16.6 Å². The van der Waals surface area contributed by atoms with Gasteiger partial charge in [-0.2, -0.15) is 0 Å². The van der Waals surface area contributed by atoms with E-state index in [1.807, 2.05) is 31.2 Å². The number of para-hydroxylation sites is 1. The summed E-state index contributed by atoms with van der Waals surface area (Å²) in [6.45, 7) is 1.87. The molecule has 5 nitrogen and oxygen atoms in total. The molecule has 0 saturated carbocycles. The van der Waals surface area contributed by atoms with Crippen LogP contribution in [0.25, 0.3) is 10.9 Å². The van der Waals surface area contributed by atoms with Crippen LogP contribution in [0.5, 0.6) is 0 Å². The maximum atomic E-state index is 12.8. The number of halogens is 1. The summed E-state index contributed by atoms with van der Waals surface area (Å²) in [5.74, 6) is -0.119. The van der Waals surface area contributed by atoms with E-state index >= 15 is 0 Å². The lowest BCUT2D eigenvalue weighted by atomic mass is 10.0. The van der Waals surface area contributed by atoms with Crippen molar-refractivity contribution in [3.63, 3.8) is 0 Å². The molecule has 0 unspecified atom stereocenters. The summed E-state index contributed by atoms with van der Waals surface area (Å²) in [6, 6.07) is 9.39. The van der Waals surface area contributed by atoms with Crippen LogP contribution in [0.15, 0.2) is 34.9 Å². The third-order valence-corrected chi connectivity index (χ3v) is 3.62. The summed E-state index contributed by atoms with van der Waals surface area (Å²) >= 11 is 3.27. The Balaban J connectivity index is 2.27. The highest BCUT2D eigenvalue weighted by Gasteiger charge is 2.21. The van der Waals surface area contributed by atoms with E-state index in [-0.39, 0.29) is 5.78 Å². The smallest absolute Gasteiger partial charge is 0.214 e. The Kier molecular flexibility index (Phi) is 3.10. The summed E-state index contributed by atoms with van der Waals surface area (Å²) in [5.41, 5.74) is 2.65. The van der Waals surface area contributed by atoms with Crippen LogP contribution < -0.4 is 0 Å². The van der Waals surface area contributed by atoms with Crippen molar-refractivity contribution in [3.8, 4) is 0 Å². The van der Waals surface area contributed by atoms with Gasteiger partial charge in [-0.15, -0.1) is 5.10 Å². The highest BCUT2D eigenvalue weighted by molar-refractivity contribution is 9.10. The first-order valence-corrected chi connectivity index (χ1v) is 6.83. The average Bonchev–Trinajstić information content (AvgIpc) is 2.76. The van der Waals surface area contributed by atoms with Crippen LogP contribution in [0.2, 0.25) is 0 Å². The quantitative estimate of drug-likeness (QED) is 0.678. The summed E-state index contributed by atoms with van der Waals surface area (Å²) in [6.07, 6.45) is 0. The van der Waals surface area contributed by atoms with Gasteiger partial charge in [0.15, 0.2) is 4.60 Å². The first kappa shape index (κ1) is 12.9. The van der Waals surface area contributed by atoms with Gasteiger partial charge in [-0.3, -0.25) is 9.78 Å². The van der Waals surface area contributed by atoms with Crippen LogP contribution in [0.1, 0.15) is 21.7 Å². The zero-order chi connectivity index (χ0) is 14.3. The lowest BCUT2D eigenvalue weighted by Crippen LogP contribution is -2.10. The number of aryl methyl sites for hydroxylation is 2. The Morgan fingerprint density at radius 3 is 2.75 bits per heavy atom. The Labute approximate surface area is 123 Å². The molecule has 0 radical (unpaired) electrons. The van der Waals surface area contributed by atoms with Crippen molar-refractivity contribution in [2.75, 3.05) is 0 Å². The summed E-state index contributed by atoms with van der Waals surface area (Å²) in [7, 11) is 1.70. The molecule has 0 bridgehead atoms. The molecule has 0 aliphatic rings. The second-order valence-electron chi connectivity index (χ2n) is 4.51. The van der Waals surface area contributed by atoms with E-state index in [4.69, 9.17) is 0 Å². The number of hydrogen-bond donors (Lipinski definition) is 0. The summed E-state index contributed by atoms with van der Waals surface area (Å²) < 4.78 is 1.92. The maximum Gasteiger partial charge on any atom is 0.214 e. The number of benzene rings is 1. The van der Waals surface area contributed by atoms with Crippen LogP contribution in [0.3, 0.4) is 0 Å². The van der Waals surface area contributed by atoms with Gasteiger partial charge in [0.1, 0.15) is 5.69 Å². The third kappa shape index (κ3) is 2.02. The third-order valence-electron chi connectivity index (χ3n) is 3.09. The molecule has 0 aliphatic carbocycles. The lowest BCUT2D eigenvalue weighted by Gasteiger charge is -2.07. The minimum absolute atomic E-state index is 0.119. The lowest BCUT2D eigenvalue weighted by molar-refractivity contribution is 0.103. The fourth-order valence-electron chi connectivity index (χ4n) is 2.20. The summed E-state index contributed by atoms with van der Waals surface area (Å²) in [4.78, 5) is 17.2. The first-order valence-electron chi connectivity index (χ1n) is 6.04. The van der Waals surface area contributed by atoms with Gasteiger partial charge in [-0.1, -0.05) is 23.4 Å². The molecule has 0 amide bonds. The fraction of sp³-hybridized carbons (Fsp3) is 0.143. The number of carbonyl (C=O) groups excluding carboxylic acids is 1. The molecule has 0 fully saturated rings. The van der Waals surface area contributed by atoms with E-state index in [2.05, 4.69) is 31.2 Å². The molecule has 0 N–H and O–H groups in total. The van der Waals surface area contributed by atoms with Crippen LogP contribution >= 0.6 is 15.9 Å². The molecule has 20 heavy (non-hydrogen) atoms. The summed E-state index contributed by atoms with van der Waals surface area (Å²) in [5, 5.41) is 8.54. The topological polar surface area (TPSA) is 60.7 Å². The molecule has 100 valence electrons. The second-order valence-corrected chi connectivity index (χ2v) is 5.26. The van der Waals surface area contributed by atoms with Gasteiger partial charge < -0.3 is 0 Å². The van der Waals surface area contributed by atoms with Crippen LogP contribution in [0.4, 0.5) is 0 Å². The maximum absolute atomic E-state index is 12.8. The number of pyridine rings is 1. The number of nitrogens with zero attached hydrogens (tertiary/aromatic N) is 4. The van der Waals surface area contributed by atoms with Gasteiger partial charge in [0, 0.05) is 23.7 Å². The van der Waals surface area contributed by atoms with Gasteiger partial charge >= 0.3 is 0 Å². The van der Waals surface area contributed by atoms with E-state index in [1.165, 1.54) is 4.68 Å². The predicted molar refractivity (Wildman–Crippen MR) is 78.6 cm³/mol. The molecule has 2 aromatic heterocycles. The van der Waals surface area contributed by atoms with Gasteiger partial charge in [-0.05, 0) is 35.0 Å². The number of hydrogen-bond acceptors (Lipinski definition) is 4. The van der Waals surface area contributed by atoms with Crippen molar-refractivity contribution in [2.24, 2.45) is 7.05 Å². The number of ketones is 1. The molecule has 0 saturated heterocycles. The number of aromatic nitrogens is 4. The number of rotatable bonds is 2. The highest BCUT2D eigenvalue weighted by atomic mass is 79.9. The predicted octanol–water partition coefficient (Wildman–Crippen LogP) is 2.67. The zero-order valence-corrected chi connectivity index (χ0v) is 12.5. The van der Waals surface area contributed by atoms with Crippen molar-refractivity contribution >= 4 is 32.6 Å². The number of fused-ring (bicyclic) bond motifs is 1. The van der Waals surface area contributed by atoms with E-state index in [1.54, 1.807) is 13.1 Å². The highest BCUT2D eigenvalue weighted by Crippen LogP contribution is 2.23. The molecule has 0 atom stereocenters. The molecule has 6 heteroatoms. The van der Waals surface area contributed by atoms with Gasteiger partial charge in [0.2, 0.25) is 5.78 Å². The Bertz CT molecular complexity index is 806. The van der Waals surface area contributed by atoms with Gasteiger partial charge in [-0.25, -0.2) is 4.68 Å². The fourth-order valence-corrected chi connectivity index (χ4v) is 2.70. The molecular formula is C14H11BrN4O. The average molecular weight is 331 g/mol. The minimum atomic E-state index is -0.119. The molecule has 0 aliphatic heterocycles. The normalized spacial score (nSPS) is 10.9. The molecular weight excluding hydrogens is 320 g/mol. The van der Waals surface area contributed by atoms with E-state index in [0.29, 0.717) is 15.9 Å². The van der Waals surface area contributed by atoms with Crippen molar-refractivity contribution in [3.05, 3.63) is 51.9 Å². The molecule has 2 heterocycles. The van der Waals surface area contributed by atoms with Crippen molar-refractivity contribution in [2.45, 2.75) is 6.92 Å². The molecule has 3 rings (SSSR count). The largest absolute Gasteiger partial charge is 0.287 e. The first-order chi connectivity index (χ1) is 9.58. The van der Waals surface area contributed by atoms with Gasteiger partial charge in [0.05, 0.1) is 5.52 Å². The van der Waals surface area contributed by atoms with Crippen LogP contribution in [0, 0.1) is 6.92 Å². The Hall–Kier alpha value is -2.08. The molecule has 1 aromatic carbocycles. The standard InChI is InChI=1S/C14H11BrN4O/c1-8-7-10(9-5-3-4-6-11(9)16-8)13(20)12-14(15)17-18-19(12)2/h3-7H,1-2H3. The second kappa shape index (κ2) is 4.79. The van der Waals surface area contributed by atoms with Crippen LogP contribution in [-0.4, -0.2) is 25.8 Å². The SMILES string of the molecule is Cc1cc(C(=O)c2c(Br)nnn2C)c2ccccc2n1. The van der Waals surface area contributed by atoms with Gasteiger partial charge in [0.25, 0.3) is 0 Å². The minimum Gasteiger partial charge on any atom is -0.287 e. The van der Waals surface area contributed by atoms with Crippen molar-refractivity contribution in [1.29, 1.82) is 0 Å². The van der Waals surface area contributed by atoms with E-state index in [9.17, 15) is 4.79 Å². The molecule has 3 aromatic rings. The molecule has 0 spiro atoms. The Morgan fingerprint density at radius 2 is 2.05 bits per heavy atom. The Morgan fingerprint density at radius 1 is 1.30 bits per heavy atom. The zero-order valence-electron chi connectivity index (χ0n) is 11.0. The van der Waals surface area contributed by atoms with Crippen molar-refractivity contribution < 1.29 is 4.79 Å². The monoisotopic (exact) mass is 330 g/mol. The van der Waals surface area contributed by atoms with E-state index < -0.39 is 0 Å². The number of carbonyl (C=O) groups is 1. The van der Waals surface area contributed by atoms with Crippen molar-refractivity contribution in [1.82, 2.24) is 20.0 Å². The van der Waals surface area contributed by atoms with Crippen LogP contribution in [-0.2, 0) is 7.05 Å².